The first-order chi connectivity index (χ1) is 11.1. The molecule has 1 N–H and O–H groups in total. The van der Waals surface area contributed by atoms with E-state index in [9.17, 15) is 14.9 Å². The molecule has 0 aromatic carbocycles. The Morgan fingerprint density at radius 3 is 2.33 bits per heavy atom. The second-order valence-electron chi connectivity index (χ2n) is 6.02. The average molecular weight is 388 g/mol. The van der Waals surface area contributed by atoms with Crippen LogP contribution >= 0.6 is 34.5 Å². The summed E-state index contributed by atoms with van der Waals surface area (Å²) < 4.78 is -1.09. The molecule has 0 aliphatic heterocycles. The maximum absolute atomic E-state index is 12.6. The number of halogens is 2. The first-order valence-electron chi connectivity index (χ1n) is 7.65. The molecular weight excluding hydrogens is 369 g/mol. The summed E-state index contributed by atoms with van der Waals surface area (Å²) in [6.45, 7) is 8.34. The fourth-order valence-corrected chi connectivity index (χ4v) is 4.31. The number of carbonyl (C=O) groups excluding carboxylic acids is 2. The van der Waals surface area contributed by atoms with Gasteiger partial charge in [0.2, 0.25) is 5.91 Å². The predicted molar refractivity (Wildman–Crippen MR) is 96.8 cm³/mol. The van der Waals surface area contributed by atoms with Gasteiger partial charge in [0.05, 0.1) is 15.9 Å². The molecule has 24 heavy (non-hydrogen) atoms. The van der Waals surface area contributed by atoms with E-state index in [0.717, 1.165) is 11.3 Å². The number of nitriles is 1. The van der Waals surface area contributed by atoms with Gasteiger partial charge in [0.15, 0.2) is 0 Å². The maximum Gasteiger partial charge on any atom is 0.264 e. The average Bonchev–Trinajstić information content (AvgIpc) is 2.89. The van der Waals surface area contributed by atoms with Gasteiger partial charge in [-0.25, -0.2) is 0 Å². The van der Waals surface area contributed by atoms with Crippen molar-refractivity contribution < 1.29 is 9.59 Å². The van der Waals surface area contributed by atoms with Gasteiger partial charge in [-0.2, -0.15) is 5.26 Å². The highest BCUT2D eigenvalue weighted by Crippen LogP contribution is 2.64. The van der Waals surface area contributed by atoms with Gasteiger partial charge in [0, 0.05) is 13.1 Å². The van der Waals surface area contributed by atoms with Gasteiger partial charge in [0.25, 0.3) is 5.91 Å². The van der Waals surface area contributed by atoms with Crippen molar-refractivity contribution >= 4 is 51.4 Å². The molecule has 1 aliphatic carbocycles. The van der Waals surface area contributed by atoms with Gasteiger partial charge in [-0.15, -0.1) is 34.5 Å². The van der Waals surface area contributed by atoms with E-state index in [1.807, 2.05) is 13.8 Å². The molecule has 0 bridgehead atoms. The Balaban J connectivity index is 2.33. The third kappa shape index (κ3) is 3.01. The molecule has 1 aromatic rings. The third-order valence-corrected chi connectivity index (χ3v) is 6.79. The van der Waals surface area contributed by atoms with E-state index in [1.54, 1.807) is 18.7 Å². The summed E-state index contributed by atoms with van der Waals surface area (Å²) in [5.41, 5.74) is 0.00515. The van der Waals surface area contributed by atoms with Crippen molar-refractivity contribution in [3.8, 4) is 6.07 Å². The van der Waals surface area contributed by atoms with Crippen LogP contribution in [0, 0.1) is 23.7 Å². The Bertz CT molecular complexity index is 734. The normalized spacial score (nSPS) is 21.0. The quantitative estimate of drug-likeness (QED) is 0.777. The lowest BCUT2D eigenvalue weighted by atomic mass is 10.1. The molecule has 0 unspecified atom stereocenters. The summed E-state index contributed by atoms with van der Waals surface area (Å²) in [5.74, 6) is -0.478. The van der Waals surface area contributed by atoms with Crippen LogP contribution in [0.15, 0.2) is 0 Å². The van der Waals surface area contributed by atoms with Crippen LogP contribution in [-0.4, -0.2) is 34.1 Å². The van der Waals surface area contributed by atoms with Gasteiger partial charge in [-0.1, -0.05) is 0 Å². The van der Waals surface area contributed by atoms with Crippen molar-refractivity contribution in [2.75, 3.05) is 18.4 Å². The van der Waals surface area contributed by atoms with Gasteiger partial charge < -0.3 is 10.2 Å². The molecule has 1 atom stereocenters. The van der Waals surface area contributed by atoms with Crippen LogP contribution in [0.5, 0.6) is 0 Å². The summed E-state index contributed by atoms with van der Waals surface area (Å²) in [6, 6.07) is 2.07. The molecule has 1 saturated carbocycles. The number of anilines is 1. The van der Waals surface area contributed by atoms with Crippen LogP contribution < -0.4 is 5.32 Å². The molecule has 0 radical (unpaired) electrons. The van der Waals surface area contributed by atoms with Crippen molar-refractivity contribution in [2.24, 2.45) is 5.41 Å². The van der Waals surface area contributed by atoms with Crippen molar-refractivity contribution in [2.45, 2.75) is 38.4 Å². The topological polar surface area (TPSA) is 73.2 Å². The van der Waals surface area contributed by atoms with E-state index in [0.29, 0.717) is 40.5 Å². The Labute approximate surface area is 155 Å². The molecule has 1 fully saturated rings. The molecule has 130 valence electrons. The van der Waals surface area contributed by atoms with Gasteiger partial charge in [-0.05, 0) is 39.7 Å². The van der Waals surface area contributed by atoms with Crippen LogP contribution in [0.4, 0.5) is 5.00 Å². The molecule has 1 aliphatic rings. The number of nitrogens with one attached hydrogen (secondary N) is 1. The number of rotatable bonds is 5. The number of hydrogen-bond donors (Lipinski definition) is 1. The van der Waals surface area contributed by atoms with Crippen molar-refractivity contribution in [1.82, 2.24) is 4.90 Å². The molecule has 5 nitrogen and oxygen atoms in total. The standard InChI is InChI=1S/C16H19Cl2N3O2S/c1-5-21(6-2)13(22)11-9(3)10(7-19)12(24-11)20-14(23)15(4)8-16(15,17)18/h5-6,8H2,1-4H3,(H,20,23)/t15-/m1/s1. The van der Waals surface area contributed by atoms with Crippen LogP contribution in [0.25, 0.3) is 0 Å². The Kier molecular flexibility index (Phi) is 5.19. The first-order valence-corrected chi connectivity index (χ1v) is 9.22. The maximum atomic E-state index is 12.6. The van der Waals surface area contributed by atoms with Crippen molar-refractivity contribution in [3.63, 3.8) is 0 Å². The van der Waals surface area contributed by atoms with Crippen LogP contribution in [0.2, 0.25) is 0 Å². The van der Waals surface area contributed by atoms with E-state index in [1.165, 1.54) is 0 Å². The van der Waals surface area contributed by atoms with E-state index >= 15 is 0 Å². The number of hydrogen-bond acceptors (Lipinski definition) is 4. The summed E-state index contributed by atoms with van der Waals surface area (Å²) in [6.07, 6.45) is 0.354. The molecular formula is C16H19Cl2N3O2S. The highest BCUT2D eigenvalue weighted by Gasteiger charge is 2.68. The molecule has 0 spiro atoms. The van der Waals surface area contributed by atoms with Crippen LogP contribution in [0.3, 0.4) is 0 Å². The Morgan fingerprint density at radius 1 is 1.38 bits per heavy atom. The van der Waals surface area contributed by atoms with E-state index < -0.39 is 9.75 Å². The number of amides is 2. The minimum absolute atomic E-state index is 0.138. The molecule has 2 rings (SSSR count). The fourth-order valence-electron chi connectivity index (χ4n) is 2.48. The van der Waals surface area contributed by atoms with Crippen molar-refractivity contribution in [3.05, 3.63) is 16.0 Å². The number of thiophene rings is 1. The molecule has 2 amide bonds. The first kappa shape index (κ1) is 19.0. The van der Waals surface area contributed by atoms with Crippen molar-refractivity contribution in [1.29, 1.82) is 5.26 Å². The van der Waals surface area contributed by atoms with Gasteiger partial charge in [-0.3, -0.25) is 9.59 Å². The van der Waals surface area contributed by atoms with Crippen LogP contribution in [0.1, 0.15) is 48.0 Å². The number of nitrogens with zero attached hydrogens (tertiary/aromatic N) is 2. The lowest BCUT2D eigenvalue weighted by Gasteiger charge is -2.17. The summed E-state index contributed by atoms with van der Waals surface area (Å²) in [5, 5.41) is 12.5. The molecule has 8 heteroatoms. The lowest BCUT2D eigenvalue weighted by Crippen LogP contribution is -2.30. The fraction of sp³-hybridized carbons (Fsp3) is 0.562. The third-order valence-electron chi connectivity index (χ3n) is 4.49. The van der Waals surface area contributed by atoms with E-state index in [-0.39, 0.29) is 11.8 Å². The minimum atomic E-state index is -1.09. The van der Waals surface area contributed by atoms with Gasteiger partial charge in [0.1, 0.15) is 15.4 Å². The zero-order valence-electron chi connectivity index (χ0n) is 14.0. The molecule has 1 heterocycles. The largest absolute Gasteiger partial charge is 0.338 e. The zero-order chi connectivity index (χ0) is 18.3. The number of alkyl halides is 2. The second-order valence-corrected chi connectivity index (χ2v) is 8.52. The molecule has 1 aromatic heterocycles. The highest BCUT2D eigenvalue weighted by atomic mass is 35.5. The zero-order valence-corrected chi connectivity index (χ0v) is 16.3. The predicted octanol–water partition coefficient (Wildman–Crippen LogP) is 3.93. The minimum Gasteiger partial charge on any atom is -0.338 e. The Morgan fingerprint density at radius 2 is 1.92 bits per heavy atom. The number of carbonyl (C=O) groups is 2. The lowest BCUT2D eigenvalue weighted by molar-refractivity contribution is -0.120. The van der Waals surface area contributed by atoms with Gasteiger partial charge >= 0.3 is 0 Å². The second kappa shape index (κ2) is 6.55. The van der Waals surface area contributed by atoms with Crippen LogP contribution in [-0.2, 0) is 4.79 Å². The summed E-state index contributed by atoms with van der Waals surface area (Å²) >= 11 is 13.2. The smallest absolute Gasteiger partial charge is 0.264 e. The summed E-state index contributed by atoms with van der Waals surface area (Å²) in [7, 11) is 0. The molecule has 0 saturated heterocycles. The Hall–Kier alpha value is -1.29. The van der Waals surface area contributed by atoms with E-state index in [2.05, 4.69) is 11.4 Å². The SMILES string of the molecule is CCN(CC)C(=O)c1sc(NC(=O)[C@@]2(C)CC2(Cl)Cl)c(C#N)c1C. The monoisotopic (exact) mass is 387 g/mol. The summed E-state index contributed by atoms with van der Waals surface area (Å²) in [4.78, 5) is 27.2. The highest BCUT2D eigenvalue weighted by molar-refractivity contribution is 7.18. The van der Waals surface area contributed by atoms with E-state index in [4.69, 9.17) is 23.2 Å².